The Labute approximate surface area is 104 Å². The number of hydrogen-bond donors (Lipinski definition) is 5. The van der Waals surface area contributed by atoms with Crippen LogP contribution in [0.15, 0.2) is 24.3 Å². The van der Waals surface area contributed by atoms with Crippen molar-refractivity contribution >= 4 is 30.1 Å². The van der Waals surface area contributed by atoms with E-state index in [4.69, 9.17) is 20.9 Å². The molecule has 7 N–H and O–H groups in total. The van der Waals surface area contributed by atoms with Gasteiger partial charge in [-0.05, 0) is 17.6 Å². The van der Waals surface area contributed by atoms with Crippen molar-refractivity contribution in [2.45, 2.75) is 12.8 Å². The van der Waals surface area contributed by atoms with Gasteiger partial charge in [0, 0.05) is 12.1 Å². The number of amides is 1. The van der Waals surface area contributed by atoms with E-state index in [0.29, 0.717) is 11.2 Å². The van der Waals surface area contributed by atoms with Crippen LogP contribution < -0.4 is 16.9 Å². The SMILES string of the molecule is NC(=O)CCC(=O)O.Nc1cccc(B(O)O)c1. The number of primary amides is 1. The molecule has 8 heteroatoms. The Kier molecular flexibility index (Phi) is 7.17. The van der Waals surface area contributed by atoms with E-state index in [1.807, 2.05) is 0 Å². The highest BCUT2D eigenvalue weighted by atomic mass is 16.4. The quantitative estimate of drug-likeness (QED) is 0.319. The summed E-state index contributed by atoms with van der Waals surface area (Å²) >= 11 is 0. The summed E-state index contributed by atoms with van der Waals surface area (Å²) in [5.41, 5.74) is 11.0. The highest BCUT2D eigenvalue weighted by molar-refractivity contribution is 6.58. The van der Waals surface area contributed by atoms with Crippen molar-refractivity contribution in [1.29, 1.82) is 0 Å². The summed E-state index contributed by atoms with van der Waals surface area (Å²) in [6, 6.07) is 6.47. The Morgan fingerprint density at radius 3 is 2.11 bits per heavy atom. The number of carbonyl (C=O) groups is 2. The van der Waals surface area contributed by atoms with E-state index in [2.05, 4.69) is 5.73 Å². The number of carbonyl (C=O) groups excluding carboxylic acids is 1. The number of carboxylic acids is 1. The van der Waals surface area contributed by atoms with Gasteiger partial charge in [-0.2, -0.15) is 0 Å². The molecule has 18 heavy (non-hydrogen) atoms. The van der Waals surface area contributed by atoms with E-state index in [1.165, 1.54) is 6.07 Å². The van der Waals surface area contributed by atoms with Gasteiger partial charge >= 0.3 is 13.1 Å². The van der Waals surface area contributed by atoms with E-state index in [-0.39, 0.29) is 12.8 Å². The highest BCUT2D eigenvalue weighted by Crippen LogP contribution is 1.96. The summed E-state index contributed by atoms with van der Waals surface area (Å²) < 4.78 is 0. The zero-order valence-electron chi connectivity index (χ0n) is 9.61. The van der Waals surface area contributed by atoms with E-state index < -0.39 is 19.0 Å². The summed E-state index contributed by atoms with van der Waals surface area (Å²) in [5.74, 6) is -1.57. The molecule has 0 atom stereocenters. The fourth-order valence-electron chi connectivity index (χ4n) is 0.950. The Morgan fingerprint density at radius 2 is 1.83 bits per heavy atom. The first kappa shape index (κ1) is 15.9. The molecule has 0 aliphatic heterocycles. The number of nitrogens with two attached hydrogens (primary N) is 2. The number of rotatable bonds is 4. The summed E-state index contributed by atoms with van der Waals surface area (Å²) in [5, 5.41) is 25.3. The van der Waals surface area contributed by atoms with Gasteiger partial charge in [0.1, 0.15) is 0 Å². The minimum absolute atomic E-state index is 0.0741. The third kappa shape index (κ3) is 8.14. The molecule has 0 fully saturated rings. The van der Waals surface area contributed by atoms with Gasteiger partial charge in [0.2, 0.25) is 5.91 Å². The standard InChI is InChI=1S/C6H8BNO2.C4H7NO3/c8-6-3-1-2-5(4-6)7(9)10;5-3(6)1-2-4(7)8/h1-4,9-10H,8H2;1-2H2,(H2,5,6)(H,7,8). The third-order valence-electron chi connectivity index (χ3n) is 1.79. The molecule has 0 saturated heterocycles. The number of carboxylic acid groups (broad SMARTS) is 1. The molecular formula is C10H15BN2O5. The molecule has 1 aromatic carbocycles. The summed E-state index contributed by atoms with van der Waals surface area (Å²) in [7, 11) is -1.43. The topological polar surface area (TPSA) is 147 Å². The number of aliphatic carboxylic acids is 1. The molecule has 7 nitrogen and oxygen atoms in total. The van der Waals surface area contributed by atoms with E-state index in [0.717, 1.165) is 0 Å². The second-order valence-electron chi connectivity index (χ2n) is 3.40. The Balaban J connectivity index is 0.000000331. The van der Waals surface area contributed by atoms with Crippen LogP contribution in [0, 0.1) is 0 Å². The molecule has 0 radical (unpaired) electrons. The van der Waals surface area contributed by atoms with E-state index >= 15 is 0 Å². The minimum atomic E-state index is -1.43. The molecule has 0 aliphatic carbocycles. The Hall–Kier alpha value is -2.06. The molecule has 0 spiro atoms. The Bertz CT molecular complexity index is 397. The smallest absolute Gasteiger partial charge is 0.481 e. The molecular weight excluding hydrogens is 239 g/mol. The van der Waals surface area contributed by atoms with Crippen molar-refractivity contribution in [3.8, 4) is 0 Å². The second-order valence-corrected chi connectivity index (χ2v) is 3.40. The Morgan fingerprint density at radius 1 is 1.22 bits per heavy atom. The second kappa shape index (κ2) is 8.10. The largest absolute Gasteiger partial charge is 0.488 e. The summed E-state index contributed by atoms with van der Waals surface area (Å²) in [4.78, 5) is 19.6. The van der Waals surface area contributed by atoms with Crippen molar-refractivity contribution in [1.82, 2.24) is 0 Å². The molecule has 0 bridgehead atoms. The van der Waals surface area contributed by atoms with Crippen LogP contribution in [0.2, 0.25) is 0 Å². The van der Waals surface area contributed by atoms with Crippen molar-refractivity contribution in [3.05, 3.63) is 24.3 Å². The van der Waals surface area contributed by atoms with Crippen molar-refractivity contribution in [3.63, 3.8) is 0 Å². The molecule has 1 amide bonds. The summed E-state index contributed by atoms with van der Waals surface area (Å²) in [6.45, 7) is 0. The number of anilines is 1. The van der Waals surface area contributed by atoms with Gasteiger partial charge < -0.3 is 26.6 Å². The molecule has 1 aromatic rings. The lowest BCUT2D eigenvalue weighted by Crippen LogP contribution is -2.29. The van der Waals surface area contributed by atoms with Gasteiger partial charge in [-0.15, -0.1) is 0 Å². The van der Waals surface area contributed by atoms with E-state index in [1.54, 1.807) is 18.2 Å². The van der Waals surface area contributed by atoms with Gasteiger partial charge in [0.25, 0.3) is 0 Å². The fourth-order valence-corrected chi connectivity index (χ4v) is 0.950. The van der Waals surface area contributed by atoms with Crippen LogP contribution in [0.1, 0.15) is 12.8 Å². The van der Waals surface area contributed by atoms with Crippen LogP contribution in [0.3, 0.4) is 0 Å². The maximum absolute atomic E-state index is 9.86. The van der Waals surface area contributed by atoms with Crippen LogP contribution >= 0.6 is 0 Å². The maximum Gasteiger partial charge on any atom is 0.488 e. The van der Waals surface area contributed by atoms with Crippen LogP contribution in [-0.2, 0) is 9.59 Å². The fraction of sp³-hybridized carbons (Fsp3) is 0.200. The van der Waals surface area contributed by atoms with Crippen LogP contribution in [-0.4, -0.2) is 34.1 Å². The van der Waals surface area contributed by atoms with Crippen LogP contribution in [0.5, 0.6) is 0 Å². The average molecular weight is 254 g/mol. The molecule has 1 rings (SSSR count). The number of nitrogen functional groups attached to an aromatic ring is 1. The first-order valence-electron chi connectivity index (χ1n) is 5.04. The molecule has 0 aliphatic rings. The number of benzene rings is 1. The maximum atomic E-state index is 9.86. The number of hydrogen-bond acceptors (Lipinski definition) is 5. The summed E-state index contributed by atoms with van der Waals surface area (Å²) in [6.07, 6.45) is -0.245. The monoisotopic (exact) mass is 254 g/mol. The van der Waals surface area contributed by atoms with Gasteiger partial charge in [0.15, 0.2) is 0 Å². The van der Waals surface area contributed by atoms with Gasteiger partial charge in [0.05, 0.1) is 6.42 Å². The normalized spacial score (nSPS) is 9.00. The van der Waals surface area contributed by atoms with Crippen LogP contribution in [0.4, 0.5) is 5.69 Å². The zero-order chi connectivity index (χ0) is 14.1. The zero-order valence-corrected chi connectivity index (χ0v) is 9.61. The molecule has 0 heterocycles. The van der Waals surface area contributed by atoms with Gasteiger partial charge in [-0.25, -0.2) is 0 Å². The first-order chi connectivity index (χ1) is 8.32. The lowest BCUT2D eigenvalue weighted by molar-refractivity contribution is -0.138. The van der Waals surface area contributed by atoms with Crippen molar-refractivity contribution < 1.29 is 24.7 Å². The van der Waals surface area contributed by atoms with Gasteiger partial charge in [-0.3, -0.25) is 9.59 Å². The first-order valence-corrected chi connectivity index (χ1v) is 5.04. The minimum Gasteiger partial charge on any atom is -0.481 e. The molecule has 0 aromatic heterocycles. The predicted octanol–water partition coefficient (Wildman–Crippen LogP) is -1.71. The third-order valence-corrected chi connectivity index (χ3v) is 1.79. The predicted molar refractivity (Wildman–Crippen MR) is 66.7 cm³/mol. The van der Waals surface area contributed by atoms with Crippen LogP contribution in [0.25, 0.3) is 0 Å². The van der Waals surface area contributed by atoms with Gasteiger partial charge in [-0.1, -0.05) is 12.1 Å². The molecule has 0 saturated carbocycles. The molecule has 0 unspecified atom stereocenters. The van der Waals surface area contributed by atoms with E-state index in [9.17, 15) is 9.59 Å². The highest BCUT2D eigenvalue weighted by Gasteiger charge is 2.09. The van der Waals surface area contributed by atoms with Crippen molar-refractivity contribution in [2.75, 3.05) is 5.73 Å². The lowest BCUT2D eigenvalue weighted by Gasteiger charge is -1.98. The lowest BCUT2D eigenvalue weighted by atomic mass is 9.80. The van der Waals surface area contributed by atoms with Crippen molar-refractivity contribution in [2.24, 2.45) is 5.73 Å². The molecule has 98 valence electrons. The average Bonchev–Trinajstić information content (AvgIpc) is 2.27.